The van der Waals surface area contributed by atoms with E-state index in [1.54, 1.807) is 6.92 Å². The molecule has 114 valence electrons. The van der Waals surface area contributed by atoms with Crippen molar-refractivity contribution < 1.29 is 8.42 Å². The highest BCUT2D eigenvalue weighted by atomic mass is 32.2. The summed E-state index contributed by atoms with van der Waals surface area (Å²) in [7, 11) is -3.52. The maximum Gasteiger partial charge on any atom is 0.241 e. The normalized spacial score (nSPS) is 12.7. The molecule has 0 aliphatic heterocycles. The first kappa shape index (κ1) is 17.0. The molecule has 0 fully saturated rings. The van der Waals surface area contributed by atoms with Gasteiger partial charge in [0, 0.05) is 12.2 Å². The molecular formula is C15H26N2O2S. The summed E-state index contributed by atoms with van der Waals surface area (Å²) in [5.74, 6) is 0. The van der Waals surface area contributed by atoms with Crippen LogP contribution in [-0.4, -0.2) is 15.0 Å². The second kappa shape index (κ2) is 5.74. The number of hydrogen-bond acceptors (Lipinski definition) is 3. The SMILES string of the molecule is Cc1cc(N)c(C)c(S(=O)(=O)NCCC(C)(C)C)c1C. The van der Waals surface area contributed by atoms with Crippen LogP contribution in [-0.2, 0) is 10.0 Å². The standard InChI is InChI=1S/C15H26N2O2S/c1-10-9-13(16)12(3)14(11(10)2)20(18,19)17-8-7-15(4,5)6/h9,17H,7-8,16H2,1-6H3. The van der Waals surface area contributed by atoms with Gasteiger partial charge < -0.3 is 5.73 Å². The number of nitrogens with one attached hydrogen (secondary N) is 1. The van der Waals surface area contributed by atoms with Crippen LogP contribution in [0.3, 0.4) is 0 Å². The topological polar surface area (TPSA) is 72.2 Å². The Morgan fingerprint density at radius 3 is 2.20 bits per heavy atom. The summed E-state index contributed by atoms with van der Waals surface area (Å²) in [5, 5.41) is 0. The van der Waals surface area contributed by atoms with Crippen LogP contribution in [0.2, 0.25) is 0 Å². The van der Waals surface area contributed by atoms with Crippen LogP contribution in [0.15, 0.2) is 11.0 Å². The van der Waals surface area contributed by atoms with Gasteiger partial charge in [0.05, 0.1) is 4.90 Å². The Morgan fingerprint density at radius 2 is 1.70 bits per heavy atom. The number of sulfonamides is 1. The molecule has 0 aliphatic carbocycles. The van der Waals surface area contributed by atoms with E-state index in [2.05, 4.69) is 25.5 Å². The van der Waals surface area contributed by atoms with Gasteiger partial charge in [-0.15, -0.1) is 0 Å². The number of rotatable bonds is 4. The summed E-state index contributed by atoms with van der Waals surface area (Å²) in [4.78, 5) is 0.323. The highest BCUT2D eigenvalue weighted by Crippen LogP contribution is 2.28. The molecule has 1 rings (SSSR count). The molecule has 1 aromatic rings. The number of aryl methyl sites for hydroxylation is 1. The molecule has 0 heterocycles. The lowest BCUT2D eigenvalue weighted by Crippen LogP contribution is -2.29. The minimum Gasteiger partial charge on any atom is -0.398 e. The first-order valence-corrected chi connectivity index (χ1v) is 8.30. The van der Waals surface area contributed by atoms with Crippen molar-refractivity contribution in [1.29, 1.82) is 0 Å². The van der Waals surface area contributed by atoms with Crippen LogP contribution in [0.25, 0.3) is 0 Å². The zero-order chi connectivity index (χ0) is 15.7. The molecule has 0 aromatic heterocycles. The number of hydrogen-bond donors (Lipinski definition) is 2. The molecule has 0 amide bonds. The van der Waals surface area contributed by atoms with Gasteiger partial charge in [-0.3, -0.25) is 0 Å². The van der Waals surface area contributed by atoms with Gasteiger partial charge in [-0.1, -0.05) is 20.8 Å². The largest absolute Gasteiger partial charge is 0.398 e. The second-order valence-electron chi connectivity index (χ2n) is 6.57. The predicted octanol–water partition coefficient (Wildman–Crippen LogP) is 2.91. The van der Waals surface area contributed by atoms with E-state index in [1.165, 1.54) is 0 Å². The lowest BCUT2D eigenvalue weighted by Gasteiger charge is -2.20. The molecule has 0 atom stereocenters. The first-order valence-electron chi connectivity index (χ1n) is 6.81. The van der Waals surface area contributed by atoms with Crippen molar-refractivity contribution in [1.82, 2.24) is 4.72 Å². The highest BCUT2D eigenvalue weighted by molar-refractivity contribution is 7.89. The molecule has 0 aliphatic rings. The fraction of sp³-hybridized carbons (Fsp3) is 0.600. The van der Waals surface area contributed by atoms with E-state index in [0.717, 1.165) is 17.5 Å². The van der Waals surface area contributed by atoms with Crippen molar-refractivity contribution in [3.05, 3.63) is 22.8 Å². The van der Waals surface area contributed by atoms with Crippen molar-refractivity contribution >= 4 is 15.7 Å². The summed E-state index contributed by atoms with van der Waals surface area (Å²) in [6.07, 6.45) is 0.783. The van der Waals surface area contributed by atoms with Crippen LogP contribution in [0.1, 0.15) is 43.9 Å². The van der Waals surface area contributed by atoms with Gasteiger partial charge in [-0.2, -0.15) is 0 Å². The van der Waals surface area contributed by atoms with Gasteiger partial charge in [0.15, 0.2) is 0 Å². The summed E-state index contributed by atoms with van der Waals surface area (Å²) in [6, 6.07) is 1.82. The molecule has 0 spiro atoms. The van der Waals surface area contributed by atoms with Crippen molar-refractivity contribution in [2.24, 2.45) is 5.41 Å². The minimum absolute atomic E-state index is 0.0955. The number of anilines is 1. The predicted molar refractivity (Wildman–Crippen MR) is 84.3 cm³/mol. The number of benzene rings is 1. The third-order valence-electron chi connectivity index (χ3n) is 3.51. The van der Waals surface area contributed by atoms with E-state index in [9.17, 15) is 8.42 Å². The second-order valence-corrected chi connectivity index (χ2v) is 8.27. The van der Waals surface area contributed by atoms with Gasteiger partial charge in [0.2, 0.25) is 10.0 Å². The number of nitrogens with two attached hydrogens (primary N) is 1. The quantitative estimate of drug-likeness (QED) is 0.840. The summed E-state index contributed by atoms with van der Waals surface area (Å²) < 4.78 is 27.7. The summed E-state index contributed by atoms with van der Waals surface area (Å²) in [5.41, 5.74) is 8.78. The van der Waals surface area contributed by atoms with E-state index in [1.807, 2.05) is 19.9 Å². The van der Waals surface area contributed by atoms with Gasteiger partial charge in [0.25, 0.3) is 0 Å². The molecule has 3 N–H and O–H groups in total. The zero-order valence-electron chi connectivity index (χ0n) is 13.3. The lowest BCUT2D eigenvalue weighted by molar-refractivity contribution is 0.378. The summed E-state index contributed by atoms with van der Waals surface area (Å²) in [6.45, 7) is 12.1. The molecule has 0 saturated heterocycles. The van der Waals surface area contributed by atoms with Crippen molar-refractivity contribution in [2.45, 2.75) is 52.9 Å². The lowest BCUT2D eigenvalue weighted by atomic mass is 9.93. The molecular weight excluding hydrogens is 272 g/mol. The van der Waals surface area contributed by atoms with Crippen LogP contribution in [0, 0.1) is 26.2 Å². The average molecular weight is 298 g/mol. The molecule has 1 aromatic carbocycles. The summed E-state index contributed by atoms with van der Waals surface area (Å²) >= 11 is 0. The van der Waals surface area contributed by atoms with Crippen LogP contribution in [0.4, 0.5) is 5.69 Å². The van der Waals surface area contributed by atoms with Crippen molar-refractivity contribution in [2.75, 3.05) is 12.3 Å². The zero-order valence-corrected chi connectivity index (χ0v) is 14.1. The average Bonchev–Trinajstić information content (AvgIpc) is 2.24. The Hall–Kier alpha value is -1.07. The van der Waals surface area contributed by atoms with E-state index >= 15 is 0 Å². The van der Waals surface area contributed by atoms with Crippen LogP contribution in [0.5, 0.6) is 0 Å². The number of nitrogen functional groups attached to an aromatic ring is 1. The van der Waals surface area contributed by atoms with Gasteiger partial charge in [-0.25, -0.2) is 13.1 Å². The van der Waals surface area contributed by atoms with Crippen molar-refractivity contribution in [3.8, 4) is 0 Å². The van der Waals surface area contributed by atoms with Gasteiger partial charge >= 0.3 is 0 Å². The molecule has 5 heteroatoms. The molecule has 0 unspecified atom stereocenters. The highest BCUT2D eigenvalue weighted by Gasteiger charge is 2.22. The molecule has 20 heavy (non-hydrogen) atoms. The third kappa shape index (κ3) is 3.96. The van der Waals surface area contributed by atoms with E-state index in [4.69, 9.17) is 5.73 Å². The van der Waals surface area contributed by atoms with Crippen molar-refractivity contribution in [3.63, 3.8) is 0 Å². The molecule has 0 radical (unpaired) electrons. The Balaban J connectivity index is 3.11. The van der Waals surface area contributed by atoms with Crippen LogP contribution < -0.4 is 10.5 Å². The smallest absolute Gasteiger partial charge is 0.241 e. The Labute approximate surface area is 122 Å². The molecule has 4 nitrogen and oxygen atoms in total. The minimum atomic E-state index is -3.52. The van der Waals surface area contributed by atoms with E-state index < -0.39 is 10.0 Å². The molecule has 0 bridgehead atoms. The fourth-order valence-electron chi connectivity index (χ4n) is 2.08. The van der Waals surface area contributed by atoms with Gasteiger partial charge in [-0.05, 0) is 55.4 Å². The monoisotopic (exact) mass is 298 g/mol. The molecule has 0 saturated carbocycles. The van der Waals surface area contributed by atoms with E-state index in [-0.39, 0.29) is 5.41 Å². The Morgan fingerprint density at radius 1 is 1.15 bits per heavy atom. The van der Waals surface area contributed by atoms with Crippen LogP contribution >= 0.6 is 0 Å². The third-order valence-corrected chi connectivity index (χ3v) is 5.25. The van der Waals surface area contributed by atoms with E-state index in [0.29, 0.717) is 22.7 Å². The maximum absolute atomic E-state index is 12.5. The Bertz CT molecular complexity index is 573. The van der Waals surface area contributed by atoms with Gasteiger partial charge in [0.1, 0.15) is 0 Å². The first-order chi connectivity index (χ1) is 8.96. The Kier molecular flexibility index (Phi) is 4.87. The fourth-order valence-corrected chi connectivity index (χ4v) is 3.68. The maximum atomic E-state index is 12.5.